The van der Waals surface area contributed by atoms with Gasteiger partial charge in [0.1, 0.15) is 4.21 Å². The van der Waals surface area contributed by atoms with Crippen LogP contribution in [-0.4, -0.2) is 61.8 Å². The van der Waals surface area contributed by atoms with E-state index in [1.165, 1.54) is 4.31 Å². The van der Waals surface area contributed by atoms with Gasteiger partial charge in [0.05, 0.1) is 11.9 Å². The molecule has 172 valence electrons. The predicted octanol–water partition coefficient (Wildman–Crippen LogP) is 2.18. The Labute approximate surface area is 190 Å². The number of carbonyl (C=O) groups is 1. The molecular formula is C21H26N4O5S2. The van der Waals surface area contributed by atoms with E-state index in [-0.39, 0.29) is 16.5 Å². The Hall–Kier alpha value is -2.47. The molecule has 0 unspecified atom stereocenters. The molecule has 32 heavy (non-hydrogen) atoms. The maximum Gasteiger partial charge on any atom is 0.419 e. The Morgan fingerprint density at radius 1 is 1.19 bits per heavy atom. The van der Waals surface area contributed by atoms with Crippen LogP contribution >= 0.6 is 11.3 Å². The SMILES string of the molecule is CN(C)CCn1c(=O)oc2ccc(NC(=O)Cc3ccc(S(=O)(=O)N4CCCC4)s3)cc21. The van der Waals surface area contributed by atoms with Crippen LogP contribution in [0.2, 0.25) is 0 Å². The number of sulfonamides is 1. The van der Waals surface area contributed by atoms with E-state index in [0.29, 0.717) is 47.8 Å². The summed E-state index contributed by atoms with van der Waals surface area (Å²) in [4.78, 5) is 27.4. The van der Waals surface area contributed by atoms with Gasteiger partial charge in [0.2, 0.25) is 5.91 Å². The third kappa shape index (κ3) is 4.80. The molecule has 3 aromatic rings. The lowest BCUT2D eigenvalue weighted by Gasteiger charge is -2.13. The van der Waals surface area contributed by atoms with Crippen LogP contribution in [0.4, 0.5) is 5.69 Å². The lowest BCUT2D eigenvalue weighted by Crippen LogP contribution is -2.27. The van der Waals surface area contributed by atoms with Gasteiger partial charge in [-0.2, -0.15) is 4.31 Å². The molecule has 0 atom stereocenters. The summed E-state index contributed by atoms with van der Waals surface area (Å²) >= 11 is 1.13. The third-order valence-corrected chi connectivity index (χ3v) is 8.80. The second-order valence-electron chi connectivity index (χ2n) is 8.06. The molecule has 1 aliphatic heterocycles. The number of anilines is 1. The summed E-state index contributed by atoms with van der Waals surface area (Å²) in [6.07, 6.45) is 1.82. The minimum absolute atomic E-state index is 0.0665. The molecule has 1 saturated heterocycles. The molecule has 1 amide bonds. The normalized spacial score (nSPS) is 15.1. The average Bonchev–Trinajstić information content (AvgIpc) is 3.46. The number of hydrogen-bond donors (Lipinski definition) is 1. The van der Waals surface area contributed by atoms with E-state index in [2.05, 4.69) is 5.32 Å². The lowest BCUT2D eigenvalue weighted by molar-refractivity contribution is -0.115. The highest BCUT2D eigenvalue weighted by Gasteiger charge is 2.28. The van der Waals surface area contributed by atoms with Crippen molar-refractivity contribution in [2.75, 3.05) is 39.0 Å². The molecule has 1 aromatic carbocycles. The van der Waals surface area contributed by atoms with E-state index in [0.717, 1.165) is 24.2 Å². The van der Waals surface area contributed by atoms with Gasteiger partial charge in [-0.05, 0) is 57.3 Å². The largest absolute Gasteiger partial charge is 0.419 e. The highest BCUT2D eigenvalue weighted by Crippen LogP contribution is 2.28. The zero-order valence-corrected chi connectivity index (χ0v) is 19.7. The summed E-state index contributed by atoms with van der Waals surface area (Å²) in [5.74, 6) is -0.697. The van der Waals surface area contributed by atoms with E-state index in [9.17, 15) is 18.0 Å². The first-order chi connectivity index (χ1) is 15.2. The highest BCUT2D eigenvalue weighted by atomic mass is 32.2. The Kier molecular flexibility index (Phi) is 6.52. The van der Waals surface area contributed by atoms with Crippen molar-refractivity contribution in [3.63, 3.8) is 0 Å². The van der Waals surface area contributed by atoms with E-state index in [1.54, 1.807) is 34.9 Å². The van der Waals surface area contributed by atoms with Crippen molar-refractivity contribution in [1.82, 2.24) is 13.8 Å². The Morgan fingerprint density at radius 2 is 1.94 bits per heavy atom. The number of hydrogen-bond acceptors (Lipinski definition) is 7. The third-order valence-electron chi connectivity index (χ3n) is 5.35. The van der Waals surface area contributed by atoms with Crippen molar-refractivity contribution >= 4 is 44.1 Å². The van der Waals surface area contributed by atoms with Gasteiger partial charge in [0.15, 0.2) is 5.58 Å². The van der Waals surface area contributed by atoms with Gasteiger partial charge in [-0.25, -0.2) is 13.2 Å². The van der Waals surface area contributed by atoms with Crippen LogP contribution in [-0.2, 0) is 27.8 Å². The second-order valence-corrected chi connectivity index (χ2v) is 11.4. The first-order valence-corrected chi connectivity index (χ1v) is 12.7. The Balaban J connectivity index is 1.46. The number of amides is 1. The van der Waals surface area contributed by atoms with Gasteiger partial charge in [0, 0.05) is 36.7 Å². The number of likely N-dealkylation sites (N-methyl/N-ethyl adjacent to an activating group) is 1. The number of fused-ring (bicyclic) bond motifs is 1. The summed E-state index contributed by atoms with van der Waals surface area (Å²) in [5, 5.41) is 2.83. The zero-order chi connectivity index (χ0) is 22.9. The van der Waals surface area contributed by atoms with Gasteiger partial charge in [0.25, 0.3) is 10.0 Å². The maximum absolute atomic E-state index is 12.7. The fraction of sp³-hybridized carbons (Fsp3) is 0.429. The van der Waals surface area contributed by atoms with Gasteiger partial charge in [-0.1, -0.05) is 0 Å². The molecule has 0 spiro atoms. The number of thiophene rings is 1. The minimum atomic E-state index is -3.48. The number of rotatable bonds is 8. The van der Waals surface area contributed by atoms with E-state index < -0.39 is 15.8 Å². The van der Waals surface area contributed by atoms with E-state index >= 15 is 0 Å². The fourth-order valence-electron chi connectivity index (χ4n) is 3.66. The van der Waals surface area contributed by atoms with Crippen molar-refractivity contribution in [2.24, 2.45) is 0 Å². The molecule has 0 radical (unpaired) electrons. The van der Waals surface area contributed by atoms with Gasteiger partial charge in [-0.3, -0.25) is 9.36 Å². The van der Waals surface area contributed by atoms with Crippen molar-refractivity contribution in [2.45, 2.75) is 30.0 Å². The number of oxazole rings is 1. The summed E-state index contributed by atoms with van der Waals surface area (Å²) < 4.78 is 33.9. The topological polar surface area (TPSA) is 105 Å². The number of nitrogens with zero attached hydrogens (tertiary/aromatic N) is 3. The average molecular weight is 479 g/mol. The van der Waals surface area contributed by atoms with Crippen molar-refractivity contribution in [3.8, 4) is 0 Å². The summed E-state index contributed by atoms with van der Waals surface area (Å²) in [6.45, 7) is 2.24. The molecule has 0 bridgehead atoms. The molecule has 3 heterocycles. The summed E-state index contributed by atoms with van der Waals surface area (Å²) in [5.41, 5.74) is 1.62. The number of nitrogens with one attached hydrogen (secondary N) is 1. The Morgan fingerprint density at radius 3 is 2.66 bits per heavy atom. The van der Waals surface area contributed by atoms with E-state index in [4.69, 9.17) is 4.42 Å². The van der Waals surface area contributed by atoms with Gasteiger partial charge in [-0.15, -0.1) is 11.3 Å². The molecule has 0 aliphatic carbocycles. The maximum atomic E-state index is 12.7. The van der Waals surface area contributed by atoms with Gasteiger partial charge >= 0.3 is 5.76 Å². The molecule has 1 N–H and O–H groups in total. The van der Waals surface area contributed by atoms with Crippen LogP contribution in [0.1, 0.15) is 17.7 Å². The lowest BCUT2D eigenvalue weighted by atomic mass is 10.2. The molecule has 9 nitrogen and oxygen atoms in total. The first kappa shape index (κ1) is 22.7. The molecule has 2 aromatic heterocycles. The van der Waals surface area contributed by atoms with Crippen molar-refractivity contribution in [1.29, 1.82) is 0 Å². The Bertz CT molecular complexity index is 1280. The monoisotopic (exact) mass is 478 g/mol. The van der Waals surface area contributed by atoms with E-state index in [1.807, 2.05) is 19.0 Å². The summed E-state index contributed by atoms with van der Waals surface area (Å²) in [7, 11) is 0.367. The zero-order valence-electron chi connectivity index (χ0n) is 18.0. The molecule has 1 fully saturated rings. The quantitative estimate of drug-likeness (QED) is 0.532. The van der Waals surface area contributed by atoms with Crippen LogP contribution in [0, 0.1) is 0 Å². The number of carbonyl (C=O) groups excluding carboxylic acids is 1. The van der Waals surface area contributed by atoms with Gasteiger partial charge < -0.3 is 14.6 Å². The first-order valence-electron chi connectivity index (χ1n) is 10.4. The molecular weight excluding hydrogens is 452 g/mol. The van der Waals surface area contributed by atoms with Crippen LogP contribution in [0.3, 0.4) is 0 Å². The molecule has 4 rings (SSSR count). The van der Waals surface area contributed by atoms with Crippen LogP contribution < -0.4 is 11.1 Å². The van der Waals surface area contributed by atoms with Crippen LogP contribution in [0.5, 0.6) is 0 Å². The minimum Gasteiger partial charge on any atom is -0.408 e. The smallest absolute Gasteiger partial charge is 0.408 e. The fourth-order valence-corrected chi connectivity index (χ4v) is 6.69. The standard InChI is InChI=1S/C21H26N4O5S2/c1-23(2)11-12-25-17-13-15(5-7-18(17)30-21(25)27)22-19(26)14-16-6-8-20(31-16)32(28,29)24-9-3-4-10-24/h5-8,13H,3-4,9-12,14H2,1-2H3,(H,22,26). The molecule has 11 heteroatoms. The van der Waals surface area contributed by atoms with Crippen LogP contribution in [0.15, 0.2) is 43.8 Å². The second kappa shape index (κ2) is 9.18. The number of aromatic nitrogens is 1. The highest BCUT2D eigenvalue weighted by molar-refractivity contribution is 7.91. The van der Waals surface area contributed by atoms with Crippen molar-refractivity contribution in [3.05, 3.63) is 45.8 Å². The number of benzene rings is 1. The summed E-state index contributed by atoms with van der Waals surface area (Å²) in [6, 6.07) is 8.31. The predicted molar refractivity (Wildman–Crippen MR) is 124 cm³/mol. The van der Waals surface area contributed by atoms with Crippen molar-refractivity contribution < 1.29 is 17.6 Å². The molecule has 0 saturated carbocycles. The van der Waals surface area contributed by atoms with Crippen LogP contribution in [0.25, 0.3) is 11.1 Å². The molecule has 1 aliphatic rings.